The van der Waals surface area contributed by atoms with Crippen LogP contribution < -0.4 is 0 Å². The molecule has 0 spiro atoms. The van der Waals surface area contributed by atoms with Crippen LogP contribution in [0.15, 0.2) is 48.5 Å². The normalized spacial score (nSPS) is 25.5. The lowest BCUT2D eigenvalue weighted by Gasteiger charge is -2.30. The standard InChI is InChI=1S/C22H24O6/c1-13-8-4-6-10-15(13)18(23)19(24)21-22(26,12-17(27-3)28-21)20(25)16-11-7-5-9-14(16)2/h4-11,17,19,21,24,26H,12H2,1-3H3/t17-,19+,21-,22+/m0/s1. The van der Waals surface area contributed by atoms with E-state index in [9.17, 15) is 19.8 Å². The van der Waals surface area contributed by atoms with Gasteiger partial charge in [0.25, 0.3) is 0 Å². The van der Waals surface area contributed by atoms with Crippen LogP contribution in [0.25, 0.3) is 0 Å². The highest BCUT2D eigenvalue weighted by atomic mass is 16.7. The van der Waals surface area contributed by atoms with Crippen LogP contribution >= 0.6 is 0 Å². The quantitative estimate of drug-likeness (QED) is 0.742. The number of methoxy groups -OCH3 is 1. The van der Waals surface area contributed by atoms with Gasteiger partial charge in [0.1, 0.15) is 12.2 Å². The van der Waals surface area contributed by atoms with Gasteiger partial charge in [0.2, 0.25) is 0 Å². The average Bonchev–Trinajstić information content (AvgIpc) is 3.05. The van der Waals surface area contributed by atoms with Gasteiger partial charge in [-0.05, 0) is 25.0 Å². The first-order chi connectivity index (χ1) is 13.3. The Morgan fingerprint density at radius 1 is 1.07 bits per heavy atom. The van der Waals surface area contributed by atoms with Gasteiger partial charge in [-0.15, -0.1) is 0 Å². The Kier molecular flexibility index (Phi) is 5.76. The van der Waals surface area contributed by atoms with E-state index in [0.29, 0.717) is 22.3 Å². The summed E-state index contributed by atoms with van der Waals surface area (Å²) in [5, 5.41) is 22.0. The Bertz CT molecular complexity index is 892. The summed E-state index contributed by atoms with van der Waals surface area (Å²) in [7, 11) is 1.38. The number of carbonyl (C=O) groups excluding carboxylic acids is 2. The van der Waals surface area contributed by atoms with Crippen LogP contribution in [0.2, 0.25) is 0 Å². The van der Waals surface area contributed by atoms with Crippen molar-refractivity contribution in [3.05, 3.63) is 70.8 Å². The van der Waals surface area contributed by atoms with Crippen molar-refractivity contribution in [2.75, 3.05) is 7.11 Å². The third-order valence-electron chi connectivity index (χ3n) is 5.26. The molecule has 2 N–H and O–H groups in total. The van der Waals surface area contributed by atoms with Gasteiger partial charge in [0, 0.05) is 24.7 Å². The second-order valence-corrected chi connectivity index (χ2v) is 7.12. The number of aryl methyl sites for hydroxylation is 2. The fraction of sp³-hybridized carbons (Fsp3) is 0.364. The molecule has 28 heavy (non-hydrogen) atoms. The molecule has 148 valence electrons. The fourth-order valence-corrected chi connectivity index (χ4v) is 3.60. The van der Waals surface area contributed by atoms with Gasteiger partial charge in [-0.1, -0.05) is 48.5 Å². The molecule has 1 aliphatic heterocycles. The SMILES string of the molecule is CO[C@@H]1C[C@@](O)(C(=O)c2ccccc2C)[C@H]([C@H](O)C(=O)c2ccccc2C)O1. The van der Waals surface area contributed by atoms with Gasteiger partial charge in [0.05, 0.1) is 0 Å². The topological polar surface area (TPSA) is 93.1 Å². The first kappa shape index (κ1) is 20.4. The second kappa shape index (κ2) is 7.93. The third kappa shape index (κ3) is 3.52. The minimum absolute atomic E-state index is 0.181. The molecule has 0 amide bonds. The molecule has 0 bridgehead atoms. The number of Topliss-reactive ketones (excluding diaryl/α,β-unsaturated/α-hetero) is 2. The van der Waals surface area contributed by atoms with Crippen LogP contribution in [0.5, 0.6) is 0 Å². The number of hydrogen-bond acceptors (Lipinski definition) is 6. The van der Waals surface area contributed by atoms with E-state index >= 15 is 0 Å². The van der Waals surface area contributed by atoms with E-state index in [1.165, 1.54) is 7.11 Å². The molecule has 0 aliphatic carbocycles. The zero-order valence-corrected chi connectivity index (χ0v) is 16.1. The van der Waals surface area contributed by atoms with Crippen molar-refractivity contribution in [2.45, 2.75) is 44.4 Å². The van der Waals surface area contributed by atoms with Crippen molar-refractivity contribution in [3.8, 4) is 0 Å². The van der Waals surface area contributed by atoms with E-state index in [-0.39, 0.29) is 6.42 Å². The summed E-state index contributed by atoms with van der Waals surface area (Å²) in [6.45, 7) is 3.50. The largest absolute Gasteiger partial charge is 0.382 e. The van der Waals surface area contributed by atoms with E-state index in [4.69, 9.17) is 9.47 Å². The Morgan fingerprint density at radius 2 is 1.61 bits per heavy atom. The molecule has 6 heteroatoms. The molecule has 3 rings (SSSR count). The van der Waals surface area contributed by atoms with Crippen molar-refractivity contribution < 1.29 is 29.3 Å². The molecule has 0 radical (unpaired) electrons. The number of aliphatic hydroxyl groups excluding tert-OH is 1. The molecule has 2 aromatic carbocycles. The zero-order valence-electron chi connectivity index (χ0n) is 16.1. The Labute approximate surface area is 163 Å². The number of hydrogen-bond donors (Lipinski definition) is 2. The minimum Gasteiger partial charge on any atom is -0.382 e. The van der Waals surface area contributed by atoms with Crippen molar-refractivity contribution in [3.63, 3.8) is 0 Å². The lowest BCUT2D eigenvalue weighted by Crippen LogP contribution is -2.54. The van der Waals surface area contributed by atoms with Gasteiger partial charge in [-0.2, -0.15) is 0 Å². The van der Waals surface area contributed by atoms with Crippen molar-refractivity contribution in [1.82, 2.24) is 0 Å². The maximum Gasteiger partial charge on any atom is 0.197 e. The van der Waals surface area contributed by atoms with Gasteiger partial charge in [0.15, 0.2) is 23.5 Å². The highest BCUT2D eigenvalue weighted by Gasteiger charge is 2.57. The lowest BCUT2D eigenvalue weighted by molar-refractivity contribution is -0.143. The van der Waals surface area contributed by atoms with Crippen LogP contribution in [-0.2, 0) is 9.47 Å². The molecular formula is C22H24O6. The molecule has 1 fully saturated rings. The summed E-state index contributed by atoms with van der Waals surface area (Å²) in [4.78, 5) is 26.1. The first-order valence-corrected chi connectivity index (χ1v) is 9.08. The van der Waals surface area contributed by atoms with E-state index < -0.39 is 35.7 Å². The number of benzene rings is 2. The molecule has 0 saturated carbocycles. The van der Waals surface area contributed by atoms with E-state index in [1.54, 1.807) is 62.4 Å². The van der Waals surface area contributed by atoms with Gasteiger partial charge < -0.3 is 19.7 Å². The summed E-state index contributed by atoms with van der Waals surface area (Å²) in [5.41, 5.74) is -0.109. The molecule has 1 aliphatic rings. The summed E-state index contributed by atoms with van der Waals surface area (Å²) in [5.74, 6) is -1.22. The van der Waals surface area contributed by atoms with Crippen LogP contribution in [-0.4, -0.2) is 53.0 Å². The molecule has 0 aromatic heterocycles. The minimum atomic E-state index is -2.09. The van der Waals surface area contributed by atoms with Gasteiger partial charge in [-0.3, -0.25) is 9.59 Å². The first-order valence-electron chi connectivity index (χ1n) is 9.08. The second-order valence-electron chi connectivity index (χ2n) is 7.12. The number of carbonyl (C=O) groups is 2. The van der Waals surface area contributed by atoms with E-state index in [0.717, 1.165) is 0 Å². The average molecular weight is 384 g/mol. The Morgan fingerprint density at radius 3 is 2.14 bits per heavy atom. The van der Waals surface area contributed by atoms with E-state index in [1.807, 2.05) is 0 Å². The number of ketones is 2. The summed E-state index contributed by atoms with van der Waals surface area (Å²) >= 11 is 0. The van der Waals surface area contributed by atoms with Gasteiger partial charge in [-0.25, -0.2) is 0 Å². The monoisotopic (exact) mass is 384 g/mol. The number of rotatable bonds is 6. The van der Waals surface area contributed by atoms with Crippen molar-refractivity contribution >= 4 is 11.6 Å². The molecule has 4 atom stereocenters. The third-order valence-corrected chi connectivity index (χ3v) is 5.26. The van der Waals surface area contributed by atoms with Crippen molar-refractivity contribution in [2.24, 2.45) is 0 Å². The maximum absolute atomic E-state index is 13.2. The Hall–Kier alpha value is -2.38. The summed E-state index contributed by atoms with van der Waals surface area (Å²) < 4.78 is 10.7. The smallest absolute Gasteiger partial charge is 0.197 e. The molecule has 1 saturated heterocycles. The van der Waals surface area contributed by atoms with Gasteiger partial charge >= 0.3 is 0 Å². The highest BCUT2D eigenvalue weighted by molar-refractivity contribution is 6.06. The molecule has 0 unspecified atom stereocenters. The fourth-order valence-electron chi connectivity index (χ4n) is 3.60. The van der Waals surface area contributed by atoms with Crippen LogP contribution in [0.3, 0.4) is 0 Å². The highest BCUT2D eigenvalue weighted by Crippen LogP contribution is 2.37. The number of ether oxygens (including phenoxy) is 2. The van der Waals surface area contributed by atoms with E-state index in [2.05, 4.69) is 0 Å². The number of aliphatic hydroxyl groups is 2. The predicted octanol–water partition coefficient (Wildman–Crippen LogP) is 2.22. The molecular weight excluding hydrogens is 360 g/mol. The summed E-state index contributed by atoms with van der Waals surface area (Å²) in [6.07, 6.45) is -4.27. The zero-order chi connectivity index (χ0) is 20.5. The molecule has 1 heterocycles. The summed E-state index contributed by atoms with van der Waals surface area (Å²) in [6, 6.07) is 13.6. The molecule has 6 nitrogen and oxygen atoms in total. The lowest BCUT2D eigenvalue weighted by atomic mass is 9.81. The maximum atomic E-state index is 13.2. The van der Waals surface area contributed by atoms with Crippen LogP contribution in [0.1, 0.15) is 38.3 Å². The van der Waals surface area contributed by atoms with Crippen LogP contribution in [0, 0.1) is 13.8 Å². The Balaban J connectivity index is 1.98. The molecule has 2 aromatic rings. The van der Waals surface area contributed by atoms with Crippen LogP contribution in [0.4, 0.5) is 0 Å². The van der Waals surface area contributed by atoms with Crippen molar-refractivity contribution in [1.29, 1.82) is 0 Å². The predicted molar refractivity (Wildman–Crippen MR) is 102 cm³/mol.